The number of rotatable bonds is 4. The van der Waals surface area contributed by atoms with E-state index in [-0.39, 0.29) is 5.88 Å². The fraction of sp³-hybridized carbons (Fsp3) is 0.526. The standard InChI is InChI=1S/C19H24FN7O/c1-11-12(2)24-19-21-10-22-27(19)18(11)26-7-5-15(6-8-26)9-28-17-16(20)13(3)23-14(4)25-17/h10,15H,5-9H2,1-4H3. The molecule has 3 aromatic heterocycles. The minimum Gasteiger partial charge on any atom is -0.475 e. The van der Waals surface area contributed by atoms with Gasteiger partial charge in [-0.2, -0.15) is 24.0 Å². The molecule has 0 spiro atoms. The van der Waals surface area contributed by atoms with E-state index in [1.54, 1.807) is 18.4 Å². The maximum Gasteiger partial charge on any atom is 0.254 e. The van der Waals surface area contributed by atoms with Gasteiger partial charge in [0.15, 0.2) is 0 Å². The molecule has 0 N–H and O–H groups in total. The molecular weight excluding hydrogens is 361 g/mol. The minimum atomic E-state index is -0.473. The normalized spacial score (nSPS) is 15.4. The molecule has 4 heterocycles. The molecule has 1 aliphatic heterocycles. The summed E-state index contributed by atoms with van der Waals surface area (Å²) in [6.07, 6.45) is 3.43. The first kappa shape index (κ1) is 18.5. The van der Waals surface area contributed by atoms with Crippen LogP contribution in [0.1, 0.15) is 35.6 Å². The van der Waals surface area contributed by atoms with E-state index < -0.39 is 5.82 Å². The fourth-order valence-electron chi connectivity index (χ4n) is 3.66. The molecule has 0 saturated carbocycles. The number of anilines is 1. The van der Waals surface area contributed by atoms with Crippen LogP contribution in [0.25, 0.3) is 5.78 Å². The highest BCUT2D eigenvalue weighted by Gasteiger charge is 2.25. The van der Waals surface area contributed by atoms with Crippen LogP contribution in [-0.2, 0) is 0 Å². The Labute approximate surface area is 162 Å². The number of hydrogen-bond acceptors (Lipinski definition) is 7. The molecule has 28 heavy (non-hydrogen) atoms. The first-order valence-corrected chi connectivity index (χ1v) is 9.49. The Morgan fingerprint density at radius 3 is 2.57 bits per heavy atom. The number of hydrogen-bond donors (Lipinski definition) is 0. The first-order chi connectivity index (χ1) is 13.4. The van der Waals surface area contributed by atoms with Crippen molar-refractivity contribution in [3.63, 3.8) is 0 Å². The van der Waals surface area contributed by atoms with Crippen molar-refractivity contribution in [3.05, 3.63) is 34.9 Å². The Kier molecular flexibility index (Phi) is 4.82. The summed E-state index contributed by atoms with van der Waals surface area (Å²) in [7, 11) is 0. The average Bonchev–Trinajstić information content (AvgIpc) is 3.12. The van der Waals surface area contributed by atoms with Crippen molar-refractivity contribution in [2.75, 3.05) is 24.6 Å². The lowest BCUT2D eigenvalue weighted by Gasteiger charge is -2.34. The lowest BCUT2D eigenvalue weighted by molar-refractivity contribution is 0.206. The molecule has 148 valence electrons. The van der Waals surface area contributed by atoms with E-state index in [2.05, 4.69) is 36.9 Å². The highest BCUT2D eigenvalue weighted by atomic mass is 19.1. The van der Waals surface area contributed by atoms with Crippen LogP contribution in [0.3, 0.4) is 0 Å². The van der Waals surface area contributed by atoms with Gasteiger partial charge in [-0.1, -0.05) is 0 Å². The summed E-state index contributed by atoms with van der Waals surface area (Å²) in [5, 5.41) is 4.34. The van der Waals surface area contributed by atoms with Crippen molar-refractivity contribution in [1.29, 1.82) is 0 Å². The molecule has 4 rings (SSSR count). The molecule has 1 aliphatic rings. The second-order valence-electron chi connectivity index (χ2n) is 7.33. The van der Waals surface area contributed by atoms with Crippen LogP contribution in [0.4, 0.5) is 10.2 Å². The van der Waals surface area contributed by atoms with Crippen LogP contribution < -0.4 is 9.64 Å². The number of fused-ring (bicyclic) bond motifs is 1. The zero-order chi connectivity index (χ0) is 19.8. The Bertz CT molecular complexity index is 1010. The van der Waals surface area contributed by atoms with Gasteiger partial charge >= 0.3 is 0 Å². The number of aromatic nitrogens is 6. The Balaban J connectivity index is 1.43. The van der Waals surface area contributed by atoms with E-state index in [0.717, 1.165) is 43.0 Å². The highest BCUT2D eigenvalue weighted by molar-refractivity contribution is 5.54. The third-order valence-corrected chi connectivity index (χ3v) is 5.34. The van der Waals surface area contributed by atoms with E-state index in [1.165, 1.54) is 6.33 Å². The molecule has 0 amide bonds. The summed E-state index contributed by atoms with van der Waals surface area (Å²) in [5.74, 6) is 2.11. The summed E-state index contributed by atoms with van der Waals surface area (Å²) < 4.78 is 21.6. The molecular formula is C19H24FN7O. The largest absolute Gasteiger partial charge is 0.475 e. The van der Waals surface area contributed by atoms with Gasteiger partial charge in [-0.15, -0.1) is 0 Å². The van der Waals surface area contributed by atoms with Crippen molar-refractivity contribution in [2.45, 2.75) is 40.5 Å². The molecule has 1 fully saturated rings. The molecule has 0 radical (unpaired) electrons. The van der Waals surface area contributed by atoms with E-state index in [9.17, 15) is 4.39 Å². The van der Waals surface area contributed by atoms with Gasteiger partial charge in [-0.3, -0.25) is 0 Å². The molecule has 0 bridgehead atoms. The smallest absolute Gasteiger partial charge is 0.254 e. The first-order valence-electron chi connectivity index (χ1n) is 9.49. The van der Waals surface area contributed by atoms with Crippen molar-refractivity contribution in [3.8, 4) is 5.88 Å². The number of piperidine rings is 1. The summed E-state index contributed by atoms with van der Waals surface area (Å²) in [5.41, 5.74) is 2.39. The quantitative estimate of drug-likeness (QED) is 0.683. The Morgan fingerprint density at radius 1 is 1.07 bits per heavy atom. The minimum absolute atomic E-state index is 0.0531. The van der Waals surface area contributed by atoms with Crippen LogP contribution in [-0.4, -0.2) is 49.2 Å². The number of nitrogens with zero attached hydrogens (tertiary/aromatic N) is 7. The molecule has 1 saturated heterocycles. The number of aryl methyl sites for hydroxylation is 3. The molecule has 9 heteroatoms. The van der Waals surface area contributed by atoms with Gasteiger partial charge in [-0.05, 0) is 46.5 Å². The molecule has 0 aliphatic carbocycles. The summed E-state index contributed by atoms with van der Waals surface area (Å²) in [6.45, 7) is 9.62. The summed E-state index contributed by atoms with van der Waals surface area (Å²) in [4.78, 5) is 19.1. The average molecular weight is 385 g/mol. The molecule has 0 unspecified atom stereocenters. The Hall–Kier alpha value is -2.84. The second-order valence-corrected chi connectivity index (χ2v) is 7.33. The van der Waals surface area contributed by atoms with Gasteiger partial charge in [0.1, 0.15) is 18.0 Å². The van der Waals surface area contributed by atoms with Gasteiger partial charge in [0.2, 0.25) is 5.82 Å². The van der Waals surface area contributed by atoms with E-state index in [0.29, 0.717) is 29.8 Å². The monoisotopic (exact) mass is 385 g/mol. The van der Waals surface area contributed by atoms with E-state index in [4.69, 9.17) is 4.74 Å². The number of ether oxygens (including phenoxy) is 1. The van der Waals surface area contributed by atoms with Gasteiger partial charge in [0.25, 0.3) is 11.7 Å². The van der Waals surface area contributed by atoms with Crippen molar-refractivity contribution in [1.82, 2.24) is 29.5 Å². The second kappa shape index (κ2) is 7.29. The SMILES string of the molecule is Cc1nc(C)c(F)c(OCC2CCN(c3c(C)c(C)nc4ncnn34)CC2)n1. The van der Waals surface area contributed by atoms with Gasteiger partial charge in [0, 0.05) is 24.3 Å². The molecule has 0 aromatic carbocycles. The Morgan fingerprint density at radius 2 is 1.82 bits per heavy atom. The van der Waals surface area contributed by atoms with Crippen LogP contribution in [0.15, 0.2) is 6.33 Å². The molecule has 0 atom stereocenters. The lowest BCUT2D eigenvalue weighted by atomic mass is 9.97. The zero-order valence-corrected chi connectivity index (χ0v) is 16.6. The zero-order valence-electron chi connectivity index (χ0n) is 16.6. The lowest BCUT2D eigenvalue weighted by Crippen LogP contribution is -2.37. The third-order valence-electron chi connectivity index (χ3n) is 5.34. The van der Waals surface area contributed by atoms with Crippen LogP contribution in [0, 0.1) is 39.4 Å². The molecule has 3 aromatic rings. The van der Waals surface area contributed by atoms with Crippen LogP contribution >= 0.6 is 0 Å². The van der Waals surface area contributed by atoms with Gasteiger partial charge in [0.05, 0.1) is 12.3 Å². The van der Waals surface area contributed by atoms with Gasteiger partial charge in [-0.25, -0.2) is 9.97 Å². The topological polar surface area (TPSA) is 81.3 Å². The third kappa shape index (κ3) is 3.36. The number of halogens is 1. The van der Waals surface area contributed by atoms with Crippen LogP contribution in [0.2, 0.25) is 0 Å². The van der Waals surface area contributed by atoms with E-state index in [1.807, 2.05) is 6.92 Å². The van der Waals surface area contributed by atoms with Crippen molar-refractivity contribution < 1.29 is 9.13 Å². The molecule has 8 nitrogen and oxygen atoms in total. The van der Waals surface area contributed by atoms with E-state index >= 15 is 0 Å². The van der Waals surface area contributed by atoms with Crippen molar-refractivity contribution >= 4 is 11.6 Å². The predicted octanol–water partition coefficient (Wildman–Crippen LogP) is 2.58. The fourth-order valence-corrected chi connectivity index (χ4v) is 3.66. The summed E-state index contributed by atoms with van der Waals surface area (Å²) in [6, 6.07) is 0. The maximum absolute atomic E-state index is 14.1. The maximum atomic E-state index is 14.1. The van der Waals surface area contributed by atoms with Gasteiger partial charge < -0.3 is 9.64 Å². The highest BCUT2D eigenvalue weighted by Crippen LogP contribution is 2.28. The summed E-state index contributed by atoms with van der Waals surface area (Å²) >= 11 is 0. The van der Waals surface area contributed by atoms with Crippen molar-refractivity contribution in [2.24, 2.45) is 5.92 Å². The predicted molar refractivity (Wildman–Crippen MR) is 102 cm³/mol. The van der Waals surface area contributed by atoms with Crippen LogP contribution in [0.5, 0.6) is 5.88 Å².